The summed E-state index contributed by atoms with van der Waals surface area (Å²) in [6.07, 6.45) is 7.15. The summed E-state index contributed by atoms with van der Waals surface area (Å²) < 4.78 is 0. The van der Waals surface area contributed by atoms with Gasteiger partial charge in [-0.15, -0.1) is 0 Å². The predicted octanol–water partition coefficient (Wildman–Crippen LogP) is 2.72. The Balaban J connectivity index is 3.86. The molecule has 0 aromatic rings. The Morgan fingerprint density at radius 3 is 2.27 bits per heavy atom. The topological polar surface area (TPSA) is 54.4 Å². The van der Waals surface area contributed by atoms with Gasteiger partial charge in [-0.25, -0.2) is 4.79 Å². The number of aldehydes is 1. The SMILES string of the molecule is C/C(=C\CC/C(C)=C/C(=O)O)CCC=O. The molecule has 0 spiro atoms. The van der Waals surface area contributed by atoms with E-state index in [-0.39, 0.29) is 0 Å². The minimum atomic E-state index is -0.894. The first-order valence-corrected chi connectivity index (χ1v) is 5.05. The number of carboxylic acid groups (broad SMARTS) is 1. The molecule has 0 atom stereocenters. The second kappa shape index (κ2) is 7.97. The van der Waals surface area contributed by atoms with Crippen molar-refractivity contribution < 1.29 is 14.7 Å². The number of hydrogen-bond donors (Lipinski definition) is 1. The molecule has 15 heavy (non-hydrogen) atoms. The number of carbonyl (C=O) groups is 2. The van der Waals surface area contributed by atoms with Crippen LogP contribution in [0.1, 0.15) is 39.5 Å². The van der Waals surface area contributed by atoms with Gasteiger partial charge in [-0.1, -0.05) is 17.2 Å². The molecule has 84 valence electrons. The van der Waals surface area contributed by atoms with Crippen molar-refractivity contribution in [1.82, 2.24) is 0 Å². The van der Waals surface area contributed by atoms with Crippen LogP contribution in [0, 0.1) is 0 Å². The normalized spacial score (nSPS) is 12.7. The van der Waals surface area contributed by atoms with Crippen molar-refractivity contribution in [2.24, 2.45) is 0 Å². The fourth-order valence-electron chi connectivity index (χ4n) is 1.22. The number of rotatable bonds is 7. The Kier molecular flexibility index (Phi) is 7.24. The van der Waals surface area contributed by atoms with E-state index in [0.717, 1.165) is 31.1 Å². The number of carbonyl (C=O) groups excluding carboxylic acids is 1. The monoisotopic (exact) mass is 210 g/mol. The fourth-order valence-corrected chi connectivity index (χ4v) is 1.22. The second-order valence-electron chi connectivity index (χ2n) is 3.62. The molecule has 0 saturated carbocycles. The first kappa shape index (κ1) is 13.6. The third kappa shape index (κ3) is 8.94. The van der Waals surface area contributed by atoms with E-state index >= 15 is 0 Å². The lowest BCUT2D eigenvalue weighted by molar-refractivity contribution is -0.131. The number of allylic oxidation sites excluding steroid dienone is 3. The van der Waals surface area contributed by atoms with Crippen molar-refractivity contribution in [1.29, 1.82) is 0 Å². The van der Waals surface area contributed by atoms with Gasteiger partial charge in [-0.2, -0.15) is 0 Å². The highest BCUT2D eigenvalue weighted by atomic mass is 16.4. The van der Waals surface area contributed by atoms with E-state index in [4.69, 9.17) is 5.11 Å². The highest BCUT2D eigenvalue weighted by Gasteiger charge is 1.94. The van der Waals surface area contributed by atoms with Crippen molar-refractivity contribution in [2.75, 3.05) is 0 Å². The minimum absolute atomic E-state index is 0.562. The van der Waals surface area contributed by atoms with Crippen molar-refractivity contribution in [3.05, 3.63) is 23.3 Å². The Bertz CT molecular complexity index is 275. The minimum Gasteiger partial charge on any atom is -0.478 e. The van der Waals surface area contributed by atoms with Crippen molar-refractivity contribution in [2.45, 2.75) is 39.5 Å². The number of aliphatic carboxylic acids is 1. The third-order valence-corrected chi connectivity index (χ3v) is 2.06. The van der Waals surface area contributed by atoms with E-state index in [1.54, 1.807) is 0 Å². The van der Waals surface area contributed by atoms with Crippen LogP contribution < -0.4 is 0 Å². The Morgan fingerprint density at radius 1 is 1.13 bits per heavy atom. The Morgan fingerprint density at radius 2 is 1.73 bits per heavy atom. The van der Waals surface area contributed by atoms with Crippen LogP contribution in [0.2, 0.25) is 0 Å². The summed E-state index contributed by atoms with van der Waals surface area (Å²) in [5, 5.41) is 8.48. The summed E-state index contributed by atoms with van der Waals surface area (Å²) in [4.78, 5) is 20.4. The molecule has 0 bridgehead atoms. The average Bonchev–Trinajstić information content (AvgIpc) is 2.13. The molecule has 0 aliphatic rings. The van der Waals surface area contributed by atoms with Gasteiger partial charge in [0.1, 0.15) is 6.29 Å². The maximum atomic E-state index is 10.3. The van der Waals surface area contributed by atoms with Crippen LogP contribution in [-0.2, 0) is 9.59 Å². The molecule has 0 aromatic heterocycles. The van der Waals surface area contributed by atoms with E-state index < -0.39 is 5.97 Å². The first-order chi connectivity index (χ1) is 7.06. The van der Waals surface area contributed by atoms with E-state index in [2.05, 4.69) is 6.08 Å². The molecule has 0 unspecified atom stereocenters. The fraction of sp³-hybridized carbons (Fsp3) is 0.500. The molecule has 0 aliphatic heterocycles. The molecule has 3 nitrogen and oxygen atoms in total. The first-order valence-electron chi connectivity index (χ1n) is 5.05. The van der Waals surface area contributed by atoms with Crippen molar-refractivity contribution in [3.8, 4) is 0 Å². The lowest BCUT2D eigenvalue weighted by Gasteiger charge is -1.99. The highest BCUT2D eigenvalue weighted by molar-refractivity contribution is 5.80. The molecule has 0 amide bonds. The molecule has 0 saturated heterocycles. The van der Waals surface area contributed by atoms with Crippen molar-refractivity contribution >= 4 is 12.3 Å². The standard InChI is InChI=1S/C12H18O3/c1-10(7-4-8-13)5-3-6-11(2)9-12(14)15/h5,8-9H,3-4,6-7H2,1-2H3,(H,14,15)/b10-5+,11-9+. The van der Waals surface area contributed by atoms with Gasteiger partial charge in [0.2, 0.25) is 0 Å². The van der Waals surface area contributed by atoms with Crippen molar-refractivity contribution in [3.63, 3.8) is 0 Å². The molecule has 0 aliphatic carbocycles. The smallest absolute Gasteiger partial charge is 0.328 e. The molecule has 0 aromatic carbocycles. The summed E-state index contributed by atoms with van der Waals surface area (Å²) >= 11 is 0. The molecule has 1 N–H and O–H groups in total. The summed E-state index contributed by atoms with van der Waals surface area (Å²) in [5.74, 6) is -0.894. The van der Waals surface area contributed by atoms with Crippen LogP contribution in [0.25, 0.3) is 0 Å². The van der Waals surface area contributed by atoms with Gasteiger partial charge in [0.15, 0.2) is 0 Å². The van der Waals surface area contributed by atoms with E-state index in [0.29, 0.717) is 6.42 Å². The van der Waals surface area contributed by atoms with Crippen LogP contribution in [0.15, 0.2) is 23.3 Å². The van der Waals surface area contributed by atoms with Crippen LogP contribution in [-0.4, -0.2) is 17.4 Å². The Labute approximate surface area is 90.5 Å². The maximum Gasteiger partial charge on any atom is 0.328 e. The lowest BCUT2D eigenvalue weighted by atomic mass is 10.1. The largest absolute Gasteiger partial charge is 0.478 e. The predicted molar refractivity (Wildman–Crippen MR) is 59.7 cm³/mol. The number of hydrogen-bond acceptors (Lipinski definition) is 2. The molecular weight excluding hydrogens is 192 g/mol. The quantitative estimate of drug-likeness (QED) is 0.399. The molecule has 0 rings (SSSR count). The molecule has 0 fully saturated rings. The Hall–Kier alpha value is -1.38. The molecular formula is C12H18O3. The third-order valence-electron chi connectivity index (χ3n) is 2.06. The summed E-state index contributed by atoms with van der Waals surface area (Å²) in [6, 6.07) is 0. The van der Waals surface area contributed by atoms with Gasteiger partial charge in [0.25, 0.3) is 0 Å². The van der Waals surface area contributed by atoms with Crippen LogP contribution in [0.3, 0.4) is 0 Å². The second-order valence-corrected chi connectivity index (χ2v) is 3.62. The zero-order valence-corrected chi connectivity index (χ0v) is 9.32. The lowest BCUT2D eigenvalue weighted by Crippen LogP contribution is -1.89. The van der Waals surface area contributed by atoms with E-state index in [1.165, 1.54) is 11.6 Å². The summed E-state index contributed by atoms with van der Waals surface area (Å²) in [5.41, 5.74) is 2.05. The highest BCUT2D eigenvalue weighted by Crippen LogP contribution is 2.09. The van der Waals surface area contributed by atoms with Gasteiger partial charge >= 0.3 is 5.97 Å². The van der Waals surface area contributed by atoms with Gasteiger partial charge in [0.05, 0.1) is 0 Å². The summed E-state index contributed by atoms with van der Waals surface area (Å²) in [7, 11) is 0. The zero-order valence-electron chi connectivity index (χ0n) is 9.32. The average molecular weight is 210 g/mol. The van der Waals surface area contributed by atoms with Crippen LogP contribution in [0.5, 0.6) is 0 Å². The molecule has 3 heteroatoms. The zero-order chi connectivity index (χ0) is 11.7. The van der Waals surface area contributed by atoms with E-state index in [1.807, 2.05) is 13.8 Å². The van der Waals surface area contributed by atoms with Gasteiger partial charge in [-0.05, 0) is 33.1 Å². The molecule has 0 radical (unpaired) electrons. The van der Waals surface area contributed by atoms with Crippen LogP contribution >= 0.6 is 0 Å². The van der Waals surface area contributed by atoms with E-state index in [9.17, 15) is 9.59 Å². The van der Waals surface area contributed by atoms with Gasteiger partial charge in [-0.3, -0.25) is 0 Å². The summed E-state index contributed by atoms with van der Waals surface area (Å²) in [6.45, 7) is 3.79. The maximum absolute atomic E-state index is 10.3. The molecule has 0 heterocycles. The van der Waals surface area contributed by atoms with Gasteiger partial charge < -0.3 is 9.90 Å². The number of carboxylic acids is 1. The van der Waals surface area contributed by atoms with Crippen LogP contribution in [0.4, 0.5) is 0 Å². The van der Waals surface area contributed by atoms with Gasteiger partial charge in [0, 0.05) is 12.5 Å².